The fraction of sp³-hybridized carbons (Fsp3) is 0.592. The van der Waals surface area contributed by atoms with Gasteiger partial charge < -0.3 is 77.0 Å². The zero-order chi connectivity index (χ0) is 58.4. The van der Waals surface area contributed by atoms with E-state index in [1.54, 1.807) is 35.7 Å². The normalized spacial score (nSPS) is 16.7. The predicted octanol–water partition coefficient (Wildman–Crippen LogP) is 3.58. The molecule has 6 rings (SSSR count). The number of benzene rings is 2. The Labute approximate surface area is 460 Å². The van der Waals surface area contributed by atoms with E-state index in [9.17, 15) is 45.9 Å². The summed E-state index contributed by atoms with van der Waals surface area (Å²) in [7, 11) is -4.53. The third-order valence-corrected chi connectivity index (χ3v) is 12.2. The number of esters is 1. The number of anilines is 1. The van der Waals surface area contributed by atoms with Crippen LogP contribution in [0.25, 0.3) is 11.0 Å². The van der Waals surface area contributed by atoms with Gasteiger partial charge in [0.25, 0.3) is 0 Å². The third kappa shape index (κ3) is 21.1. The quantitative estimate of drug-likeness (QED) is 0.0144. The standard InChI is InChI=1S/C49H65F6N8O17P/c1-32-4-3-5-38(49(53,54)55)37(32)28-61(46-36-26-56-63(47(36)58-33(2)57-46)48-44(66)43(65)41(79-48)30-78-31-81(67,68)69)7-10-71-13-16-74-20-21-76-22-23-77-29-35-27-62(60-59-35)8-11-72-14-17-75-19-18-73-15-12-70-9-6-42(64)80-45-39(51)24-34(50)25-40(45)52/h3-5,24-27,41,43-44,48,65-66H,6-23,28-31H2,1-2H3,(H2,67,68,69)/t41-,43-,44-,48-/m1/s1. The number of carbonyl (C=O) groups is 1. The highest BCUT2D eigenvalue weighted by Gasteiger charge is 2.45. The van der Waals surface area contributed by atoms with Crippen molar-refractivity contribution in [2.75, 3.05) is 124 Å². The highest BCUT2D eigenvalue weighted by atomic mass is 31.2. The number of halogens is 6. The minimum Gasteiger partial charge on any atom is -0.420 e. The van der Waals surface area contributed by atoms with Gasteiger partial charge in [-0.2, -0.15) is 18.3 Å². The summed E-state index contributed by atoms with van der Waals surface area (Å²) < 4.78 is 157. The summed E-state index contributed by atoms with van der Waals surface area (Å²) in [4.78, 5) is 40.7. The molecule has 4 heterocycles. The molecule has 5 aromatic rings. The van der Waals surface area contributed by atoms with Gasteiger partial charge in [-0.05, 0) is 31.0 Å². The Balaban J connectivity index is 0.809. The van der Waals surface area contributed by atoms with E-state index in [4.69, 9.17) is 57.2 Å². The minimum atomic E-state index is -4.66. The van der Waals surface area contributed by atoms with Gasteiger partial charge >= 0.3 is 19.7 Å². The highest BCUT2D eigenvalue weighted by molar-refractivity contribution is 7.51. The first-order valence-corrected chi connectivity index (χ1v) is 27.2. The smallest absolute Gasteiger partial charge is 0.416 e. The number of carbonyl (C=O) groups excluding carboxylic acids is 1. The van der Waals surface area contributed by atoms with E-state index >= 15 is 0 Å². The molecule has 81 heavy (non-hydrogen) atoms. The molecular formula is C49H65F6N8O17P. The minimum absolute atomic E-state index is 0.0105. The fourth-order valence-electron chi connectivity index (χ4n) is 7.82. The van der Waals surface area contributed by atoms with Crippen LogP contribution >= 0.6 is 7.60 Å². The summed E-state index contributed by atoms with van der Waals surface area (Å²) in [6.07, 6.45) is -8.41. The molecule has 450 valence electrons. The van der Waals surface area contributed by atoms with Crippen molar-refractivity contribution in [1.29, 1.82) is 0 Å². The van der Waals surface area contributed by atoms with Crippen molar-refractivity contribution in [3.63, 3.8) is 0 Å². The molecule has 4 atom stereocenters. The first kappa shape index (κ1) is 64.8. The van der Waals surface area contributed by atoms with Crippen molar-refractivity contribution in [3.05, 3.63) is 88.4 Å². The summed E-state index contributed by atoms with van der Waals surface area (Å²) in [6, 6.07) is 4.73. The molecule has 32 heteroatoms. The van der Waals surface area contributed by atoms with E-state index < -0.39 is 86.0 Å². The number of ether oxygens (including phenoxy) is 11. The lowest BCUT2D eigenvalue weighted by Crippen LogP contribution is -2.34. The first-order valence-electron chi connectivity index (χ1n) is 25.4. The van der Waals surface area contributed by atoms with E-state index in [2.05, 4.69) is 30.1 Å². The van der Waals surface area contributed by atoms with E-state index in [0.717, 1.165) is 6.07 Å². The van der Waals surface area contributed by atoms with Gasteiger partial charge in [0.05, 0.1) is 149 Å². The number of nitrogens with zero attached hydrogens (tertiary/aromatic N) is 8. The van der Waals surface area contributed by atoms with E-state index in [1.165, 1.54) is 16.9 Å². The summed E-state index contributed by atoms with van der Waals surface area (Å²) in [5, 5.41) is 34.4. The Morgan fingerprint density at radius 1 is 0.778 bits per heavy atom. The molecule has 4 N–H and O–H groups in total. The van der Waals surface area contributed by atoms with Crippen LogP contribution in [-0.4, -0.2) is 198 Å². The molecule has 1 saturated heterocycles. The molecule has 0 bridgehead atoms. The van der Waals surface area contributed by atoms with Gasteiger partial charge in [0.1, 0.15) is 47.8 Å². The average molecular weight is 1180 g/mol. The number of aromatic nitrogens is 7. The average Bonchev–Trinajstić information content (AvgIpc) is 4.17. The lowest BCUT2D eigenvalue weighted by atomic mass is 10.0. The van der Waals surface area contributed by atoms with Crippen molar-refractivity contribution in [1.82, 2.24) is 34.7 Å². The van der Waals surface area contributed by atoms with E-state index in [0.29, 0.717) is 56.4 Å². The lowest BCUT2D eigenvalue weighted by Gasteiger charge is -2.27. The predicted molar refractivity (Wildman–Crippen MR) is 268 cm³/mol. The van der Waals surface area contributed by atoms with E-state index in [1.807, 2.05) is 0 Å². The van der Waals surface area contributed by atoms with Crippen molar-refractivity contribution >= 4 is 30.4 Å². The molecule has 0 aliphatic carbocycles. The number of hydrogen-bond donors (Lipinski definition) is 4. The van der Waals surface area contributed by atoms with Gasteiger partial charge in [0, 0.05) is 25.2 Å². The van der Waals surface area contributed by atoms with Gasteiger partial charge in [-0.25, -0.2) is 32.5 Å². The second-order valence-corrected chi connectivity index (χ2v) is 19.5. The number of alkyl halides is 3. The number of fused-ring (bicyclic) bond motifs is 1. The van der Waals surface area contributed by atoms with Crippen molar-refractivity contribution in [2.45, 2.75) is 70.7 Å². The van der Waals surface area contributed by atoms with Gasteiger partial charge in [-0.15, -0.1) is 5.10 Å². The second kappa shape index (κ2) is 32.5. The molecule has 1 aliphatic heterocycles. The first-order chi connectivity index (χ1) is 38.8. The van der Waals surface area contributed by atoms with Crippen LogP contribution in [0.5, 0.6) is 5.75 Å². The second-order valence-electron chi connectivity index (χ2n) is 17.9. The van der Waals surface area contributed by atoms with Gasteiger partial charge in [-0.3, -0.25) is 9.36 Å². The number of aliphatic hydroxyl groups excluding tert-OH is 2. The largest absolute Gasteiger partial charge is 0.420 e. The Kier molecular flexibility index (Phi) is 26.0. The Bertz CT molecular complexity index is 2760. The van der Waals surface area contributed by atoms with Crippen LogP contribution in [0.3, 0.4) is 0 Å². The summed E-state index contributed by atoms with van der Waals surface area (Å²) >= 11 is 0. The van der Waals surface area contributed by atoms with Gasteiger partial charge in [0.15, 0.2) is 23.5 Å². The van der Waals surface area contributed by atoms with Crippen molar-refractivity contribution < 1.29 is 108 Å². The molecule has 0 unspecified atom stereocenters. The lowest BCUT2D eigenvalue weighted by molar-refractivity contribution is -0.138. The molecular weight excluding hydrogens is 1120 g/mol. The highest BCUT2D eigenvalue weighted by Crippen LogP contribution is 2.38. The molecule has 1 fully saturated rings. The molecule has 2 aromatic carbocycles. The maximum absolute atomic E-state index is 14.3. The van der Waals surface area contributed by atoms with Crippen LogP contribution in [0.15, 0.2) is 42.7 Å². The van der Waals surface area contributed by atoms with Crippen LogP contribution in [0.1, 0.15) is 40.9 Å². The molecule has 0 saturated carbocycles. The zero-order valence-electron chi connectivity index (χ0n) is 44.3. The Morgan fingerprint density at radius 3 is 1.99 bits per heavy atom. The van der Waals surface area contributed by atoms with Crippen LogP contribution < -0.4 is 9.64 Å². The van der Waals surface area contributed by atoms with Gasteiger partial charge in [-0.1, -0.05) is 17.3 Å². The third-order valence-electron chi connectivity index (χ3n) is 11.7. The van der Waals surface area contributed by atoms with Crippen molar-refractivity contribution in [2.24, 2.45) is 0 Å². The Morgan fingerprint density at radius 2 is 1.37 bits per heavy atom. The molecule has 1 aliphatic rings. The number of aryl methyl sites for hydroxylation is 2. The maximum atomic E-state index is 14.3. The summed E-state index contributed by atoms with van der Waals surface area (Å²) in [5.41, 5.74) is 0.326. The van der Waals surface area contributed by atoms with Crippen LogP contribution in [0.2, 0.25) is 0 Å². The van der Waals surface area contributed by atoms with Crippen LogP contribution in [0, 0.1) is 31.3 Å². The van der Waals surface area contributed by atoms with Crippen LogP contribution in [0.4, 0.5) is 32.2 Å². The summed E-state index contributed by atoms with van der Waals surface area (Å²) in [5.74, 6) is -5.29. The SMILES string of the molecule is Cc1nc(N(CCOCCOCCOCCOCc2cn(CCOCCOCCOCCOCCC(=O)Oc3c(F)cc(F)cc3F)nn2)Cc2c(C)cccc2C(F)(F)F)c2cnn([C@@H]3O[C@H](COCP(=O)(O)O)[C@@H](O)[C@H]3O)c2n1. The number of aliphatic hydroxyl groups is 2. The maximum Gasteiger partial charge on any atom is 0.416 e. The van der Waals surface area contributed by atoms with Gasteiger partial charge in [0.2, 0.25) is 5.75 Å². The monoisotopic (exact) mass is 1180 g/mol. The zero-order valence-corrected chi connectivity index (χ0v) is 45.2. The molecule has 25 nitrogen and oxygen atoms in total. The number of hydrogen-bond acceptors (Lipinski definition) is 21. The topological polar surface area (TPSA) is 294 Å². The number of rotatable bonds is 38. The summed E-state index contributed by atoms with van der Waals surface area (Å²) in [6.45, 7) is 6.56. The van der Waals surface area contributed by atoms with E-state index in [-0.39, 0.29) is 127 Å². The molecule has 3 aromatic heterocycles. The molecule has 0 amide bonds. The molecule has 0 spiro atoms. The fourth-order valence-corrected chi connectivity index (χ4v) is 8.16. The Hall–Kier alpha value is -5.35. The molecule has 0 radical (unpaired) electrons. The van der Waals surface area contributed by atoms with Crippen LogP contribution in [-0.2, 0) is 82.6 Å². The van der Waals surface area contributed by atoms with Crippen molar-refractivity contribution in [3.8, 4) is 5.75 Å².